The second-order valence-electron chi connectivity index (χ2n) is 7.96. The highest BCUT2D eigenvalue weighted by Gasteiger charge is 2.27. The van der Waals surface area contributed by atoms with E-state index in [1.54, 1.807) is 6.07 Å². The minimum Gasteiger partial charge on any atom is -0.354 e. The van der Waals surface area contributed by atoms with Crippen LogP contribution < -0.4 is 10.2 Å². The fourth-order valence-electron chi connectivity index (χ4n) is 4.10. The van der Waals surface area contributed by atoms with E-state index in [0.29, 0.717) is 25.3 Å². The first-order chi connectivity index (χ1) is 15.0. The van der Waals surface area contributed by atoms with Crippen LogP contribution in [-0.2, 0) is 6.54 Å². The number of likely N-dealkylation sites (N-methyl/N-ethyl adjacent to an activating group) is 1. The Hall–Kier alpha value is -2.61. The van der Waals surface area contributed by atoms with Crippen LogP contribution in [0.5, 0.6) is 0 Å². The zero-order chi connectivity index (χ0) is 22.4. The first-order valence-electron chi connectivity index (χ1n) is 11.3. The van der Waals surface area contributed by atoms with E-state index in [-0.39, 0.29) is 11.8 Å². The molecule has 2 heterocycles. The van der Waals surface area contributed by atoms with E-state index in [1.807, 2.05) is 29.5 Å². The molecular formula is C23H35FN6O. The number of benzene rings is 1. The molecule has 1 aliphatic rings. The van der Waals surface area contributed by atoms with Crippen molar-refractivity contribution >= 4 is 11.8 Å². The van der Waals surface area contributed by atoms with E-state index in [2.05, 4.69) is 29.0 Å². The third kappa shape index (κ3) is 5.36. The molecule has 1 fully saturated rings. The van der Waals surface area contributed by atoms with Crippen LogP contribution in [0.15, 0.2) is 24.3 Å². The van der Waals surface area contributed by atoms with Gasteiger partial charge in [-0.25, -0.2) is 13.9 Å². The van der Waals surface area contributed by atoms with Gasteiger partial charge < -0.3 is 20.0 Å². The summed E-state index contributed by atoms with van der Waals surface area (Å²) in [6.07, 6.45) is 0.874. The molecule has 0 unspecified atom stereocenters. The summed E-state index contributed by atoms with van der Waals surface area (Å²) in [5.74, 6) is 0.674. The molecule has 2 aromatic rings. The number of piperazine rings is 1. The molecule has 1 saturated heterocycles. The minimum atomic E-state index is -0.288. The molecule has 0 saturated carbocycles. The van der Waals surface area contributed by atoms with Gasteiger partial charge in [-0.05, 0) is 45.0 Å². The highest BCUT2D eigenvalue weighted by molar-refractivity contribution is 5.74. The van der Waals surface area contributed by atoms with E-state index in [0.717, 1.165) is 56.2 Å². The molecule has 3 rings (SSSR count). The summed E-state index contributed by atoms with van der Waals surface area (Å²) >= 11 is 0. The lowest BCUT2D eigenvalue weighted by Gasteiger charge is -2.36. The number of aromatic nitrogens is 2. The van der Waals surface area contributed by atoms with E-state index < -0.39 is 0 Å². The van der Waals surface area contributed by atoms with Crippen LogP contribution in [0.2, 0.25) is 0 Å². The third-order valence-electron chi connectivity index (χ3n) is 5.79. The van der Waals surface area contributed by atoms with Crippen LogP contribution in [0.4, 0.5) is 15.0 Å². The highest BCUT2D eigenvalue weighted by atomic mass is 19.1. The molecule has 2 amide bonds. The van der Waals surface area contributed by atoms with Gasteiger partial charge in [-0.1, -0.05) is 19.9 Å². The van der Waals surface area contributed by atoms with Gasteiger partial charge in [0.05, 0.1) is 17.9 Å². The minimum absolute atomic E-state index is 0.0657. The quantitative estimate of drug-likeness (QED) is 0.697. The van der Waals surface area contributed by atoms with E-state index >= 15 is 0 Å². The Morgan fingerprint density at radius 1 is 1.19 bits per heavy atom. The van der Waals surface area contributed by atoms with E-state index in [1.165, 1.54) is 12.1 Å². The number of nitrogens with one attached hydrogen (secondary N) is 1. The van der Waals surface area contributed by atoms with Gasteiger partial charge in [0.25, 0.3) is 0 Å². The van der Waals surface area contributed by atoms with Crippen molar-refractivity contribution < 1.29 is 9.18 Å². The number of aryl methyl sites for hydroxylation is 1. The van der Waals surface area contributed by atoms with Crippen LogP contribution in [0, 0.1) is 12.7 Å². The van der Waals surface area contributed by atoms with Crippen molar-refractivity contribution in [1.82, 2.24) is 24.9 Å². The molecule has 1 aromatic heterocycles. The Kier molecular flexibility index (Phi) is 7.90. The molecule has 0 bridgehead atoms. The monoisotopic (exact) mass is 430 g/mol. The Bertz CT molecular complexity index is 875. The fourth-order valence-corrected chi connectivity index (χ4v) is 4.10. The number of carbonyl (C=O) groups excluding carboxylic acids is 1. The van der Waals surface area contributed by atoms with Crippen molar-refractivity contribution in [3.8, 4) is 5.69 Å². The molecule has 1 aromatic carbocycles. The molecule has 0 aliphatic carbocycles. The fraction of sp³-hybridized carbons (Fsp3) is 0.565. The summed E-state index contributed by atoms with van der Waals surface area (Å²) in [6, 6.07) is 6.47. The van der Waals surface area contributed by atoms with Crippen molar-refractivity contribution in [3.63, 3.8) is 0 Å². The van der Waals surface area contributed by atoms with Gasteiger partial charge in [0.15, 0.2) is 0 Å². The first-order valence-corrected chi connectivity index (χ1v) is 11.3. The number of hydrogen-bond acceptors (Lipinski definition) is 4. The number of rotatable bonds is 8. The Balaban J connectivity index is 2.02. The van der Waals surface area contributed by atoms with Gasteiger partial charge in [0.2, 0.25) is 0 Å². The van der Waals surface area contributed by atoms with Crippen LogP contribution in [0.3, 0.4) is 0 Å². The van der Waals surface area contributed by atoms with Crippen LogP contribution >= 0.6 is 0 Å². The average Bonchev–Trinajstić information content (AvgIpc) is 3.09. The van der Waals surface area contributed by atoms with Gasteiger partial charge >= 0.3 is 6.03 Å². The number of nitrogens with zero attached hydrogens (tertiary/aromatic N) is 5. The molecule has 0 atom stereocenters. The number of anilines is 1. The maximum atomic E-state index is 14.0. The maximum Gasteiger partial charge on any atom is 0.317 e. The highest BCUT2D eigenvalue weighted by Crippen LogP contribution is 2.30. The number of carbonyl (C=O) groups is 1. The third-order valence-corrected chi connectivity index (χ3v) is 5.79. The molecule has 1 N–H and O–H groups in total. The summed E-state index contributed by atoms with van der Waals surface area (Å²) in [6.45, 7) is 14.6. The molecule has 31 heavy (non-hydrogen) atoms. The Labute approximate surface area is 184 Å². The summed E-state index contributed by atoms with van der Waals surface area (Å²) in [5, 5.41) is 7.71. The topological polar surface area (TPSA) is 56.6 Å². The van der Waals surface area contributed by atoms with Gasteiger partial charge in [0, 0.05) is 44.8 Å². The second-order valence-corrected chi connectivity index (χ2v) is 7.96. The molecule has 1 aliphatic heterocycles. The summed E-state index contributed by atoms with van der Waals surface area (Å²) < 4.78 is 15.9. The molecule has 0 spiro atoms. The SMILES string of the molecule is CCCN(Cc1c(C)nn(-c2cccc(F)c2)c1N1CCN(CC)CC1)C(=O)NCC. The predicted octanol–water partition coefficient (Wildman–Crippen LogP) is 3.40. The molecule has 7 nitrogen and oxygen atoms in total. The van der Waals surface area contributed by atoms with E-state index in [9.17, 15) is 9.18 Å². The summed E-state index contributed by atoms with van der Waals surface area (Å²) in [5.41, 5.74) is 2.58. The second kappa shape index (κ2) is 10.6. The first kappa shape index (κ1) is 23.1. The molecule has 170 valence electrons. The lowest BCUT2D eigenvalue weighted by Crippen LogP contribution is -2.47. The van der Waals surface area contributed by atoms with Gasteiger partial charge in [-0.15, -0.1) is 0 Å². The molecule has 0 radical (unpaired) electrons. The van der Waals surface area contributed by atoms with Crippen molar-refractivity contribution in [1.29, 1.82) is 0 Å². The van der Waals surface area contributed by atoms with Crippen molar-refractivity contribution in [2.45, 2.75) is 40.7 Å². The van der Waals surface area contributed by atoms with Crippen LogP contribution in [0.1, 0.15) is 38.4 Å². The number of halogens is 1. The van der Waals surface area contributed by atoms with Crippen molar-refractivity contribution in [2.24, 2.45) is 0 Å². The number of hydrogen-bond donors (Lipinski definition) is 1. The number of amides is 2. The van der Waals surface area contributed by atoms with Gasteiger partial charge in [-0.2, -0.15) is 5.10 Å². The standard InChI is InChI=1S/C23H35FN6O/c1-5-11-29(23(31)25-6-2)17-21-18(4)26-30(20-10-8-9-19(24)16-20)22(21)28-14-12-27(7-3)13-15-28/h8-10,16H,5-7,11-15,17H2,1-4H3,(H,25,31). The zero-order valence-corrected chi connectivity index (χ0v) is 19.2. The molecular weight excluding hydrogens is 395 g/mol. The van der Waals surface area contributed by atoms with Crippen molar-refractivity contribution in [3.05, 3.63) is 41.3 Å². The van der Waals surface area contributed by atoms with Crippen LogP contribution in [0.25, 0.3) is 5.69 Å². The van der Waals surface area contributed by atoms with Crippen LogP contribution in [-0.4, -0.2) is 71.4 Å². The van der Waals surface area contributed by atoms with Gasteiger partial charge in [-0.3, -0.25) is 0 Å². The zero-order valence-electron chi connectivity index (χ0n) is 19.2. The summed E-state index contributed by atoms with van der Waals surface area (Å²) in [4.78, 5) is 19.2. The lowest BCUT2D eigenvalue weighted by atomic mass is 10.2. The Morgan fingerprint density at radius 2 is 1.94 bits per heavy atom. The lowest BCUT2D eigenvalue weighted by molar-refractivity contribution is 0.195. The smallest absolute Gasteiger partial charge is 0.317 e. The summed E-state index contributed by atoms with van der Waals surface area (Å²) in [7, 11) is 0. The normalized spacial score (nSPS) is 14.7. The van der Waals surface area contributed by atoms with E-state index in [4.69, 9.17) is 5.10 Å². The maximum absolute atomic E-state index is 14.0. The largest absolute Gasteiger partial charge is 0.354 e. The van der Waals surface area contributed by atoms with Gasteiger partial charge in [0.1, 0.15) is 11.6 Å². The predicted molar refractivity (Wildman–Crippen MR) is 122 cm³/mol. The number of urea groups is 1. The average molecular weight is 431 g/mol. The molecule has 8 heteroatoms. The Morgan fingerprint density at radius 3 is 2.55 bits per heavy atom. The van der Waals surface area contributed by atoms with Crippen molar-refractivity contribution in [2.75, 3.05) is 50.7 Å².